The van der Waals surface area contributed by atoms with E-state index in [4.69, 9.17) is 11.6 Å². The summed E-state index contributed by atoms with van der Waals surface area (Å²) < 4.78 is 0.513. The number of anilines is 1. The average molecular weight is 357 g/mol. The zero-order valence-electron chi connectivity index (χ0n) is 9.84. The molecule has 0 saturated heterocycles. The number of pyridine rings is 1. The molecule has 0 radical (unpaired) electrons. The monoisotopic (exact) mass is 355 g/mol. The predicted molar refractivity (Wildman–Crippen MR) is 78.0 cm³/mol. The maximum atomic E-state index is 12.0. The van der Waals surface area contributed by atoms with E-state index in [0.717, 1.165) is 0 Å². The molecule has 0 fully saturated rings. The molecular formula is C12H7BrClN3O3. The third kappa shape index (κ3) is 3.12. The number of halogens is 2. The van der Waals surface area contributed by atoms with Crippen LogP contribution < -0.4 is 5.32 Å². The third-order valence-corrected chi connectivity index (χ3v) is 3.53. The molecule has 0 bridgehead atoms. The van der Waals surface area contributed by atoms with Gasteiger partial charge in [0, 0.05) is 6.07 Å². The summed E-state index contributed by atoms with van der Waals surface area (Å²) in [5, 5.41) is 13.7. The summed E-state index contributed by atoms with van der Waals surface area (Å²) in [6.07, 6.45) is 1.36. The first kappa shape index (κ1) is 14.4. The van der Waals surface area contributed by atoms with Crippen molar-refractivity contribution in [2.75, 3.05) is 5.32 Å². The summed E-state index contributed by atoms with van der Waals surface area (Å²) in [4.78, 5) is 26.2. The van der Waals surface area contributed by atoms with Gasteiger partial charge in [-0.25, -0.2) is 4.98 Å². The number of aromatic nitrogens is 1. The minimum absolute atomic E-state index is 0.0245. The maximum Gasteiger partial charge on any atom is 0.282 e. The van der Waals surface area contributed by atoms with Crippen LogP contribution in [-0.4, -0.2) is 15.8 Å². The molecule has 0 saturated carbocycles. The number of carbonyl (C=O) groups excluding carboxylic acids is 1. The van der Waals surface area contributed by atoms with Crippen molar-refractivity contribution in [2.45, 2.75) is 0 Å². The first-order valence-corrected chi connectivity index (χ1v) is 6.52. The topological polar surface area (TPSA) is 85.1 Å². The minimum atomic E-state index is -0.606. The highest BCUT2D eigenvalue weighted by Crippen LogP contribution is 2.24. The zero-order valence-corrected chi connectivity index (χ0v) is 12.2. The van der Waals surface area contributed by atoms with Crippen molar-refractivity contribution >= 4 is 44.8 Å². The van der Waals surface area contributed by atoms with Gasteiger partial charge in [0.1, 0.15) is 10.7 Å². The number of benzene rings is 1. The molecule has 1 amide bonds. The Morgan fingerprint density at radius 3 is 2.75 bits per heavy atom. The second-order valence-electron chi connectivity index (χ2n) is 3.73. The molecule has 0 spiro atoms. The van der Waals surface area contributed by atoms with Crippen LogP contribution in [0.25, 0.3) is 0 Å². The van der Waals surface area contributed by atoms with Gasteiger partial charge in [0.25, 0.3) is 11.6 Å². The van der Waals surface area contributed by atoms with Crippen molar-refractivity contribution in [2.24, 2.45) is 0 Å². The maximum absolute atomic E-state index is 12.0. The van der Waals surface area contributed by atoms with Gasteiger partial charge in [0.15, 0.2) is 0 Å². The molecule has 0 aliphatic heterocycles. The highest BCUT2D eigenvalue weighted by atomic mass is 79.9. The van der Waals surface area contributed by atoms with Crippen LogP contribution in [0.2, 0.25) is 5.15 Å². The second-order valence-corrected chi connectivity index (χ2v) is 4.94. The molecule has 1 aromatic carbocycles. The number of hydrogen-bond acceptors (Lipinski definition) is 4. The van der Waals surface area contributed by atoms with Gasteiger partial charge in [-0.1, -0.05) is 23.7 Å². The van der Waals surface area contributed by atoms with Gasteiger partial charge < -0.3 is 5.32 Å². The van der Waals surface area contributed by atoms with Crippen molar-refractivity contribution in [1.82, 2.24) is 4.98 Å². The minimum Gasteiger partial charge on any atom is -0.320 e. The highest BCUT2D eigenvalue weighted by Gasteiger charge is 2.19. The van der Waals surface area contributed by atoms with Crippen LogP contribution in [0.4, 0.5) is 11.4 Å². The summed E-state index contributed by atoms with van der Waals surface area (Å²) in [6, 6.07) is 7.26. The zero-order chi connectivity index (χ0) is 14.7. The molecule has 2 aromatic rings. The molecule has 1 aromatic heterocycles. The fourth-order valence-electron chi connectivity index (χ4n) is 1.51. The summed E-state index contributed by atoms with van der Waals surface area (Å²) in [5.41, 5.74) is 0.0963. The summed E-state index contributed by atoms with van der Waals surface area (Å²) in [6.45, 7) is 0. The average Bonchev–Trinajstić information content (AvgIpc) is 2.43. The molecule has 102 valence electrons. The Morgan fingerprint density at radius 2 is 2.10 bits per heavy atom. The van der Waals surface area contributed by atoms with Crippen LogP contribution >= 0.6 is 27.5 Å². The van der Waals surface area contributed by atoms with Gasteiger partial charge in [0.05, 0.1) is 21.3 Å². The summed E-state index contributed by atoms with van der Waals surface area (Å²) in [5.74, 6) is -0.590. The number of rotatable bonds is 3. The molecule has 2 rings (SSSR count). The van der Waals surface area contributed by atoms with Crippen LogP contribution in [0, 0.1) is 10.1 Å². The molecule has 8 heteroatoms. The van der Waals surface area contributed by atoms with E-state index in [9.17, 15) is 14.9 Å². The van der Waals surface area contributed by atoms with Crippen molar-refractivity contribution in [3.63, 3.8) is 0 Å². The fraction of sp³-hybridized carbons (Fsp3) is 0. The molecule has 0 aliphatic rings. The fourth-order valence-corrected chi connectivity index (χ4v) is 1.97. The molecule has 1 N–H and O–H groups in total. The van der Waals surface area contributed by atoms with Crippen molar-refractivity contribution in [3.05, 3.63) is 61.8 Å². The molecule has 0 aliphatic carbocycles. The molecule has 6 nitrogen and oxygen atoms in total. The Hall–Kier alpha value is -1.99. The standard InChI is InChI=1S/C12H7BrClN3O3/c13-9-5-7(6-15-11(9)14)16-12(18)8-3-1-2-4-10(8)17(19)20/h1-6H,(H,16,18). The lowest BCUT2D eigenvalue weighted by Crippen LogP contribution is -2.14. The van der Waals surface area contributed by atoms with Gasteiger partial charge in [-0.05, 0) is 28.1 Å². The van der Waals surface area contributed by atoms with Crippen molar-refractivity contribution in [3.8, 4) is 0 Å². The Labute approximate surface area is 127 Å². The number of nitro benzene ring substituents is 1. The van der Waals surface area contributed by atoms with Crippen LogP contribution in [0.5, 0.6) is 0 Å². The molecule has 1 heterocycles. The van der Waals surface area contributed by atoms with Gasteiger partial charge in [-0.15, -0.1) is 0 Å². The lowest BCUT2D eigenvalue weighted by atomic mass is 10.1. The van der Waals surface area contributed by atoms with E-state index < -0.39 is 10.8 Å². The number of amides is 1. The SMILES string of the molecule is O=C(Nc1cnc(Cl)c(Br)c1)c1ccccc1[N+](=O)[O-]. The van der Waals surface area contributed by atoms with Crippen LogP contribution in [-0.2, 0) is 0 Å². The van der Waals surface area contributed by atoms with E-state index in [1.54, 1.807) is 12.1 Å². The van der Waals surface area contributed by atoms with Crippen LogP contribution in [0.1, 0.15) is 10.4 Å². The van der Waals surface area contributed by atoms with E-state index in [-0.39, 0.29) is 16.4 Å². The second kappa shape index (κ2) is 5.98. The Bertz CT molecular complexity index is 693. The summed E-state index contributed by atoms with van der Waals surface area (Å²) >= 11 is 8.92. The van der Waals surface area contributed by atoms with E-state index in [2.05, 4.69) is 26.2 Å². The number of nitro groups is 1. The predicted octanol–water partition coefficient (Wildman–Crippen LogP) is 3.66. The largest absolute Gasteiger partial charge is 0.320 e. The first-order valence-electron chi connectivity index (χ1n) is 5.35. The van der Waals surface area contributed by atoms with Crippen molar-refractivity contribution < 1.29 is 9.72 Å². The van der Waals surface area contributed by atoms with Gasteiger partial charge >= 0.3 is 0 Å². The quantitative estimate of drug-likeness (QED) is 0.516. The smallest absolute Gasteiger partial charge is 0.282 e. The van der Waals surface area contributed by atoms with Crippen LogP contribution in [0.15, 0.2) is 41.0 Å². The van der Waals surface area contributed by atoms with Gasteiger partial charge in [0.2, 0.25) is 0 Å². The van der Waals surface area contributed by atoms with Crippen LogP contribution in [0.3, 0.4) is 0 Å². The van der Waals surface area contributed by atoms with E-state index in [1.165, 1.54) is 24.4 Å². The number of para-hydroxylation sites is 1. The number of carbonyl (C=O) groups is 1. The summed E-state index contributed by atoms with van der Waals surface area (Å²) in [7, 11) is 0. The molecule has 0 unspecified atom stereocenters. The Balaban J connectivity index is 2.28. The third-order valence-electron chi connectivity index (χ3n) is 2.40. The first-order chi connectivity index (χ1) is 9.49. The number of nitrogens with zero attached hydrogens (tertiary/aromatic N) is 2. The van der Waals surface area contributed by atoms with Gasteiger partial charge in [-0.3, -0.25) is 14.9 Å². The number of nitrogens with one attached hydrogen (secondary N) is 1. The molecule has 20 heavy (non-hydrogen) atoms. The lowest BCUT2D eigenvalue weighted by molar-refractivity contribution is -0.385. The van der Waals surface area contributed by atoms with E-state index in [0.29, 0.717) is 10.2 Å². The highest BCUT2D eigenvalue weighted by molar-refractivity contribution is 9.10. The Kier molecular flexibility index (Phi) is 4.31. The molecule has 0 atom stereocenters. The van der Waals surface area contributed by atoms with Crippen molar-refractivity contribution in [1.29, 1.82) is 0 Å². The molecular weight excluding hydrogens is 350 g/mol. The normalized spacial score (nSPS) is 10.1. The van der Waals surface area contributed by atoms with E-state index >= 15 is 0 Å². The van der Waals surface area contributed by atoms with Gasteiger partial charge in [-0.2, -0.15) is 0 Å². The Morgan fingerprint density at radius 1 is 1.40 bits per heavy atom. The number of hydrogen-bond donors (Lipinski definition) is 1. The lowest BCUT2D eigenvalue weighted by Gasteiger charge is -2.06. The van der Waals surface area contributed by atoms with E-state index in [1.807, 2.05) is 0 Å².